The smallest absolute Gasteiger partial charge is 0.351 e. The third kappa shape index (κ3) is 2.60. The number of nitrogens with one attached hydrogen (secondary N) is 1. The number of benzene rings is 1. The molecule has 1 heterocycles. The molecule has 1 aliphatic heterocycles. The van der Waals surface area contributed by atoms with E-state index in [0.717, 1.165) is 4.90 Å². The number of carbonyl (C=O) groups is 3. The Morgan fingerprint density at radius 2 is 2.00 bits per heavy atom. The Morgan fingerprint density at radius 1 is 1.33 bits per heavy atom. The molecule has 1 aromatic carbocycles. The summed E-state index contributed by atoms with van der Waals surface area (Å²) in [6.07, 6.45) is 0. The second-order valence-corrected chi connectivity index (χ2v) is 3.99. The van der Waals surface area contributed by atoms with Gasteiger partial charge in [-0.25, -0.2) is 14.5 Å². The summed E-state index contributed by atoms with van der Waals surface area (Å²) >= 11 is 0. The maximum Gasteiger partial charge on any atom is 0.351 e. The van der Waals surface area contributed by atoms with Crippen LogP contribution in [-0.2, 0) is 14.3 Å². The predicted molar refractivity (Wildman–Crippen MR) is 71.7 cm³/mol. The van der Waals surface area contributed by atoms with Gasteiger partial charge in [0.15, 0.2) is 5.57 Å². The van der Waals surface area contributed by atoms with Crippen molar-refractivity contribution in [3.63, 3.8) is 0 Å². The number of nitriles is 1. The van der Waals surface area contributed by atoms with Crippen LogP contribution in [0.25, 0.3) is 0 Å². The molecule has 7 heteroatoms. The molecule has 0 bridgehead atoms. The lowest BCUT2D eigenvalue weighted by molar-refractivity contribution is -0.138. The lowest BCUT2D eigenvalue weighted by atomic mass is 10.2. The van der Waals surface area contributed by atoms with Crippen LogP contribution in [0.1, 0.15) is 6.92 Å². The van der Waals surface area contributed by atoms with Gasteiger partial charge in [-0.15, -0.1) is 0 Å². The summed E-state index contributed by atoms with van der Waals surface area (Å²) in [5, 5.41) is 11.2. The molecule has 0 aromatic heterocycles. The number of rotatable bonds is 3. The Balaban J connectivity index is 2.42. The van der Waals surface area contributed by atoms with E-state index in [2.05, 4.69) is 5.32 Å². The van der Waals surface area contributed by atoms with Crippen LogP contribution >= 0.6 is 0 Å². The average Bonchev–Trinajstić information content (AvgIpc) is 2.76. The molecule has 0 unspecified atom stereocenters. The number of hydrogen-bond acceptors (Lipinski definition) is 5. The van der Waals surface area contributed by atoms with Crippen LogP contribution in [0.2, 0.25) is 0 Å². The number of para-hydroxylation sites is 1. The van der Waals surface area contributed by atoms with E-state index < -0.39 is 23.5 Å². The number of carbonyl (C=O) groups excluding carboxylic acids is 3. The molecular weight excluding hydrogens is 274 g/mol. The number of nitrogens with zero attached hydrogens (tertiary/aromatic N) is 2. The minimum Gasteiger partial charge on any atom is -0.462 e. The number of hydrogen-bond donors (Lipinski definition) is 1. The van der Waals surface area contributed by atoms with E-state index >= 15 is 0 Å². The number of amides is 3. The average molecular weight is 285 g/mol. The van der Waals surface area contributed by atoms with Gasteiger partial charge in [0.25, 0.3) is 5.91 Å². The highest BCUT2D eigenvalue weighted by atomic mass is 16.5. The minimum absolute atomic E-state index is 0.0574. The van der Waals surface area contributed by atoms with Crippen molar-refractivity contribution < 1.29 is 19.1 Å². The Labute approximate surface area is 120 Å². The Hall–Kier alpha value is -3.14. The van der Waals surface area contributed by atoms with Crippen molar-refractivity contribution in [2.24, 2.45) is 0 Å². The van der Waals surface area contributed by atoms with Crippen molar-refractivity contribution in [2.75, 3.05) is 11.5 Å². The largest absolute Gasteiger partial charge is 0.462 e. The molecule has 1 aromatic rings. The molecule has 7 nitrogen and oxygen atoms in total. The third-order valence-corrected chi connectivity index (χ3v) is 2.71. The van der Waals surface area contributed by atoms with Gasteiger partial charge in [-0.05, 0) is 19.1 Å². The highest BCUT2D eigenvalue weighted by Gasteiger charge is 2.38. The van der Waals surface area contributed by atoms with Crippen molar-refractivity contribution in [1.82, 2.24) is 5.32 Å². The fourth-order valence-electron chi connectivity index (χ4n) is 1.81. The topological polar surface area (TPSA) is 99.5 Å². The summed E-state index contributed by atoms with van der Waals surface area (Å²) in [5.41, 5.74) is -0.547. The minimum atomic E-state index is -0.946. The number of urea groups is 1. The molecule has 0 aliphatic carbocycles. The number of esters is 1. The van der Waals surface area contributed by atoms with E-state index in [0.29, 0.717) is 5.69 Å². The number of imide groups is 1. The molecule has 0 spiro atoms. The zero-order valence-electron chi connectivity index (χ0n) is 11.1. The summed E-state index contributed by atoms with van der Waals surface area (Å²) in [4.78, 5) is 36.6. The Morgan fingerprint density at radius 3 is 2.57 bits per heavy atom. The van der Waals surface area contributed by atoms with Gasteiger partial charge in [-0.2, -0.15) is 5.26 Å². The molecule has 1 saturated heterocycles. The van der Waals surface area contributed by atoms with Crippen LogP contribution in [0.4, 0.5) is 10.5 Å². The first-order valence-electron chi connectivity index (χ1n) is 6.12. The SMILES string of the molecule is CCOC(=O)/C(C#N)=C1\NC(=O)N(c2ccccc2)C1=O. The quantitative estimate of drug-likeness (QED) is 0.388. The number of anilines is 1. The zero-order chi connectivity index (χ0) is 15.4. The molecule has 0 radical (unpaired) electrons. The predicted octanol–water partition coefficient (Wildman–Crippen LogP) is 1.08. The Bertz CT molecular complexity index is 673. The lowest BCUT2D eigenvalue weighted by Crippen LogP contribution is -2.30. The summed E-state index contributed by atoms with van der Waals surface area (Å²) in [7, 11) is 0. The fraction of sp³-hybridized carbons (Fsp3) is 0.143. The van der Waals surface area contributed by atoms with Crippen molar-refractivity contribution in [3.8, 4) is 6.07 Å². The second kappa shape index (κ2) is 5.88. The van der Waals surface area contributed by atoms with E-state index in [-0.39, 0.29) is 12.3 Å². The normalized spacial score (nSPS) is 16.3. The molecular formula is C14H11N3O4. The number of ether oxygens (including phenoxy) is 1. The van der Waals surface area contributed by atoms with Crippen LogP contribution < -0.4 is 10.2 Å². The zero-order valence-corrected chi connectivity index (χ0v) is 11.1. The van der Waals surface area contributed by atoms with Crippen molar-refractivity contribution in [1.29, 1.82) is 5.26 Å². The highest BCUT2D eigenvalue weighted by Crippen LogP contribution is 2.22. The lowest BCUT2D eigenvalue weighted by Gasteiger charge is -2.10. The van der Waals surface area contributed by atoms with Gasteiger partial charge < -0.3 is 10.1 Å². The highest BCUT2D eigenvalue weighted by molar-refractivity contribution is 6.28. The molecule has 21 heavy (non-hydrogen) atoms. The van der Waals surface area contributed by atoms with Gasteiger partial charge in [0.05, 0.1) is 12.3 Å². The van der Waals surface area contributed by atoms with E-state index in [1.807, 2.05) is 0 Å². The van der Waals surface area contributed by atoms with Gasteiger partial charge in [0.1, 0.15) is 11.8 Å². The first-order valence-corrected chi connectivity index (χ1v) is 6.12. The van der Waals surface area contributed by atoms with E-state index in [4.69, 9.17) is 10.00 Å². The van der Waals surface area contributed by atoms with Gasteiger partial charge >= 0.3 is 12.0 Å². The van der Waals surface area contributed by atoms with Gasteiger partial charge in [-0.3, -0.25) is 4.79 Å². The summed E-state index contributed by atoms with van der Waals surface area (Å²) in [5.74, 6) is -1.71. The third-order valence-electron chi connectivity index (χ3n) is 2.71. The second-order valence-electron chi connectivity index (χ2n) is 3.99. The Kier molecular flexibility index (Phi) is 4.00. The fourth-order valence-corrected chi connectivity index (χ4v) is 1.81. The summed E-state index contributed by atoms with van der Waals surface area (Å²) in [6, 6.07) is 9.06. The van der Waals surface area contributed by atoms with Crippen LogP contribution in [-0.4, -0.2) is 24.5 Å². The van der Waals surface area contributed by atoms with E-state index in [9.17, 15) is 14.4 Å². The van der Waals surface area contributed by atoms with Crippen molar-refractivity contribution in [2.45, 2.75) is 6.92 Å². The van der Waals surface area contributed by atoms with Gasteiger partial charge in [0.2, 0.25) is 0 Å². The molecule has 3 amide bonds. The van der Waals surface area contributed by atoms with Gasteiger partial charge in [0, 0.05) is 0 Å². The summed E-state index contributed by atoms with van der Waals surface area (Å²) in [6.45, 7) is 1.63. The van der Waals surface area contributed by atoms with Crippen LogP contribution in [0.3, 0.4) is 0 Å². The standard InChI is InChI=1S/C14H11N3O4/c1-2-21-13(19)10(8-15)11-12(18)17(14(20)16-11)9-6-4-3-5-7-9/h3-7H,2H2,1H3,(H,16,20)/b11-10-. The maximum atomic E-state index is 12.3. The molecule has 0 atom stereocenters. The molecule has 1 N–H and O–H groups in total. The molecule has 2 rings (SSSR count). The maximum absolute atomic E-state index is 12.3. The molecule has 1 fully saturated rings. The van der Waals surface area contributed by atoms with Crippen LogP contribution in [0, 0.1) is 11.3 Å². The molecule has 106 valence electrons. The van der Waals surface area contributed by atoms with Crippen molar-refractivity contribution >= 4 is 23.6 Å². The first-order chi connectivity index (χ1) is 10.1. The molecule has 1 aliphatic rings. The van der Waals surface area contributed by atoms with Gasteiger partial charge in [-0.1, -0.05) is 18.2 Å². The molecule has 0 saturated carbocycles. The van der Waals surface area contributed by atoms with E-state index in [1.54, 1.807) is 43.3 Å². The van der Waals surface area contributed by atoms with Crippen molar-refractivity contribution in [3.05, 3.63) is 41.6 Å². The first kappa shape index (κ1) is 14.3. The van der Waals surface area contributed by atoms with Crippen LogP contribution in [0.5, 0.6) is 0 Å². The van der Waals surface area contributed by atoms with E-state index in [1.165, 1.54) is 0 Å². The monoisotopic (exact) mass is 285 g/mol. The summed E-state index contributed by atoms with van der Waals surface area (Å²) < 4.78 is 4.69. The van der Waals surface area contributed by atoms with Crippen LogP contribution in [0.15, 0.2) is 41.6 Å².